The van der Waals surface area contributed by atoms with Crippen molar-refractivity contribution in [3.63, 3.8) is 0 Å². The standard InChI is InChI=1S/C17H10ClN3O2S/c18-12-6-3-11(4-7-12)5-8-15-19-17-21(20-15)16(22)14(24-17)10-13-2-1-9-23-13/h1-10H/b8-5+,14-10+. The maximum Gasteiger partial charge on any atom is 0.291 e. The Morgan fingerprint density at radius 1 is 1.17 bits per heavy atom. The summed E-state index contributed by atoms with van der Waals surface area (Å²) in [6.45, 7) is 0. The molecule has 4 aromatic rings. The molecule has 3 heterocycles. The summed E-state index contributed by atoms with van der Waals surface area (Å²) in [4.78, 5) is 17.3. The minimum Gasteiger partial charge on any atom is -0.465 e. The summed E-state index contributed by atoms with van der Waals surface area (Å²) < 4.78 is 7.07. The van der Waals surface area contributed by atoms with Crippen LogP contribution in [-0.2, 0) is 0 Å². The summed E-state index contributed by atoms with van der Waals surface area (Å²) >= 11 is 7.13. The zero-order chi connectivity index (χ0) is 16.5. The van der Waals surface area contributed by atoms with E-state index in [0.29, 0.717) is 26.1 Å². The smallest absolute Gasteiger partial charge is 0.291 e. The van der Waals surface area contributed by atoms with Crippen molar-refractivity contribution in [2.45, 2.75) is 0 Å². The number of fused-ring (bicyclic) bond motifs is 1. The highest BCUT2D eigenvalue weighted by Gasteiger charge is 2.09. The van der Waals surface area contributed by atoms with Gasteiger partial charge >= 0.3 is 0 Å². The lowest BCUT2D eigenvalue weighted by atomic mass is 10.2. The number of aromatic nitrogens is 3. The summed E-state index contributed by atoms with van der Waals surface area (Å²) in [5, 5.41) is 4.92. The molecule has 0 fully saturated rings. The summed E-state index contributed by atoms with van der Waals surface area (Å²) in [5.74, 6) is 1.11. The molecule has 24 heavy (non-hydrogen) atoms. The molecule has 0 saturated carbocycles. The third kappa shape index (κ3) is 2.89. The van der Waals surface area contributed by atoms with Crippen molar-refractivity contribution < 1.29 is 4.42 Å². The third-order valence-electron chi connectivity index (χ3n) is 3.31. The lowest BCUT2D eigenvalue weighted by molar-refractivity contribution is 0.556. The number of hydrogen-bond acceptors (Lipinski definition) is 5. The van der Waals surface area contributed by atoms with Crippen molar-refractivity contribution >= 4 is 46.1 Å². The van der Waals surface area contributed by atoms with Crippen molar-refractivity contribution in [1.29, 1.82) is 0 Å². The zero-order valence-corrected chi connectivity index (χ0v) is 13.8. The molecule has 0 amide bonds. The Balaban J connectivity index is 1.67. The van der Waals surface area contributed by atoms with E-state index in [2.05, 4.69) is 10.1 Å². The van der Waals surface area contributed by atoms with Crippen molar-refractivity contribution in [2.75, 3.05) is 0 Å². The van der Waals surface area contributed by atoms with Gasteiger partial charge in [-0.15, -0.1) is 5.10 Å². The van der Waals surface area contributed by atoms with E-state index in [1.165, 1.54) is 15.9 Å². The molecule has 4 rings (SSSR count). The molecule has 0 N–H and O–H groups in total. The molecular formula is C17H10ClN3O2S. The van der Waals surface area contributed by atoms with Crippen molar-refractivity contribution in [1.82, 2.24) is 14.6 Å². The Bertz CT molecular complexity index is 1130. The van der Waals surface area contributed by atoms with E-state index in [4.69, 9.17) is 16.0 Å². The van der Waals surface area contributed by atoms with Crippen LogP contribution in [0.3, 0.4) is 0 Å². The number of hydrogen-bond donors (Lipinski definition) is 0. The lowest BCUT2D eigenvalue weighted by Gasteiger charge is -1.91. The molecule has 0 aliphatic heterocycles. The van der Waals surface area contributed by atoms with E-state index in [-0.39, 0.29) is 5.56 Å². The van der Waals surface area contributed by atoms with Crippen molar-refractivity contribution in [3.05, 3.63) is 79.7 Å². The van der Waals surface area contributed by atoms with E-state index in [9.17, 15) is 4.79 Å². The largest absolute Gasteiger partial charge is 0.465 e. The number of thiazole rings is 1. The molecule has 0 spiro atoms. The fourth-order valence-electron chi connectivity index (χ4n) is 2.17. The molecule has 0 aliphatic carbocycles. The average Bonchev–Trinajstić information content (AvgIpc) is 3.28. The first-order valence-corrected chi connectivity index (χ1v) is 8.27. The third-order valence-corrected chi connectivity index (χ3v) is 4.52. The summed E-state index contributed by atoms with van der Waals surface area (Å²) in [7, 11) is 0. The molecule has 0 saturated heterocycles. The second-order valence-electron chi connectivity index (χ2n) is 4.98. The molecular weight excluding hydrogens is 346 g/mol. The molecule has 0 radical (unpaired) electrons. The van der Waals surface area contributed by atoms with Gasteiger partial charge in [0.15, 0.2) is 5.82 Å². The van der Waals surface area contributed by atoms with Crippen LogP contribution in [0.15, 0.2) is 51.9 Å². The Kier molecular flexibility index (Phi) is 3.76. The van der Waals surface area contributed by atoms with E-state index in [1.54, 1.807) is 30.5 Å². The van der Waals surface area contributed by atoms with E-state index in [1.807, 2.05) is 30.3 Å². The molecule has 118 valence electrons. The Morgan fingerprint density at radius 3 is 2.71 bits per heavy atom. The quantitative estimate of drug-likeness (QED) is 0.566. The van der Waals surface area contributed by atoms with Gasteiger partial charge in [-0.1, -0.05) is 41.1 Å². The normalized spacial score (nSPS) is 12.6. The minimum atomic E-state index is -0.204. The van der Waals surface area contributed by atoms with Crippen LogP contribution in [0.25, 0.3) is 23.2 Å². The van der Waals surface area contributed by atoms with Crippen LogP contribution in [-0.4, -0.2) is 14.6 Å². The van der Waals surface area contributed by atoms with Crippen LogP contribution in [0.4, 0.5) is 0 Å². The lowest BCUT2D eigenvalue weighted by Crippen LogP contribution is -2.23. The second kappa shape index (κ2) is 6.07. The van der Waals surface area contributed by atoms with Gasteiger partial charge in [-0.25, -0.2) is 0 Å². The van der Waals surface area contributed by atoms with Gasteiger partial charge in [0.1, 0.15) is 10.3 Å². The van der Waals surface area contributed by atoms with Gasteiger partial charge in [0, 0.05) is 11.1 Å². The molecule has 0 unspecified atom stereocenters. The molecule has 0 bridgehead atoms. The number of rotatable bonds is 3. The van der Waals surface area contributed by atoms with Crippen LogP contribution in [0.1, 0.15) is 17.1 Å². The van der Waals surface area contributed by atoms with Gasteiger partial charge in [-0.05, 0) is 35.9 Å². The van der Waals surface area contributed by atoms with Crippen LogP contribution in [0, 0.1) is 0 Å². The van der Waals surface area contributed by atoms with E-state index < -0.39 is 0 Å². The molecule has 0 atom stereocenters. The highest BCUT2D eigenvalue weighted by molar-refractivity contribution is 7.15. The highest BCUT2D eigenvalue weighted by Crippen LogP contribution is 2.12. The minimum absolute atomic E-state index is 0.204. The maximum absolute atomic E-state index is 12.3. The molecule has 1 aromatic carbocycles. The Morgan fingerprint density at radius 2 is 2.00 bits per heavy atom. The van der Waals surface area contributed by atoms with Gasteiger partial charge in [0.25, 0.3) is 5.56 Å². The van der Waals surface area contributed by atoms with E-state index >= 15 is 0 Å². The van der Waals surface area contributed by atoms with Crippen LogP contribution >= 0.6 is 22.9 Å². The van der Waals surface area contributed by atoms with Crippen LogP contribution < -0.4 is 10.1 Å². The number of halogens is 1. The first-order valence-electron chi connectivity index (χ1n) is 7.07. The van der Waals surface area contributed by atoms with Gasteiger partial charge in [-0.3, -0.25) is 4.79 Å². The monoisotopic (exact) mass is 355 g/mol. The predicted octanol–water partition coefficient (Wildman–Crippen LogP) is 3.12. The van der Waals surface area contributed by atoms with Crippen LogP contribution in [0.5, 0.6) is 0 Å². The van der Waals surface area contributed by atoms with Gasteiger partial charge in [0.2, 0.25) is 4.96 Å². The Hall–Kier alpha value is -2.70. The van der Waals surface area contributed by atoms with Gasteiger partial charge in [0.05, 0.1) is 6.26 Å². The molecule has 3 aromatic heterocycles. The fraction of sp³-hybridized carbons (Fsp3) is 0. The first kappa shape index (κ1) is 14.9. The summed E-state index contributed by atoms with van der Waals surface area (Å²) in [5.41, 5.74) is 0.775. The topological polar surface area (TPSA) is 60.4 Å². The molecule has 5 nitrogen and oxygen atoms in total. The summed E-state index contributed by atoms with van der Waals surface area (Å²) in [6, 6.07) is 11.0. The van der Waals surface area contributed by atoms with Gasteiger partial charge in [-0.2, -0.15) is 9.50 Å². The highest BCUT2D eigenvalue weighted by atomic mass is 35.5. The predicted molar refractivity (Wildman–Crippen MR) is 95.0 cm³/mol. The SMILES string of the molecule is O=c1/c(=C\c2ccco2)sc2nc(/C=C/c3ccc(Cl)cc3)nn12. The summed E-state index contributed by atoms with van der Waals surface area (Å²) in [6.07, 6.45) is 6.88. The van der Waals surface area contributed by atoms with Gasteiger partial charge < -0.3 is 4.42 Å². The number of benzene rings is 1. The van der Waals surface area contributed by atoms with E-state index in [0.717, 1.165) is 5.56 Å². The molecule has 7 heteroatoms. The Labute approximate surface area is 145 Å². The fourth-order valence-corrected chi connectivity index (χ4v) is 3.19. The average molecular weight is 356 g/mol. The number of furan rings is 1. The van der Waals surface area contributed by atoms with Crippen molar-refractivity contribution in [3.8, 4) is 0 Å². The maximum atomic E-state index is 12.3. The number of nitrogens with zero attached hydrogens (tertiary/aromatic N) is 3. The van der Waals surface area contributed by atoms with Crippen molar-refractivity contribution in [2.24, 2.45) is 0 Å². The zero-order valence-electron chi connectivity index (χ0n) is 12.2. The first-order chi connectivity index (χ1) is 11.7. The molecule has 0 aliphatic rings. The second-order valence-corrected chi connectivity index (χ2v) is 6.43. The van der Waals surface area contributed by atoms with Crippen LogP contribution in [0.2, 0.25) is 5.02 Å².